The first-order valence-corrected chi connectivity index (χ1v) is 5.95. The molecule has 0 atom stereocenters. The van der Waals surface area contributed by atoms with Crippen LogP contribution in [0.4, 0.5) is 11.5 Å². The van der Waals surface area contributed by atoms with Gasteiger partial charge in [0.15, 0.2) is 0 Å². The predicted octanol–water partition coefficient (Wildman–Crippen LogP) is 2.84. The van der Waals surface area contributed by atoms with E-state index in [1.165, 1.54) is 6.33 Å². The third-order valence-electron chi connectivity index (χ3n) is 2.86. The Bertz CT molecular complexity index is 658. The lowest BCUT2D eigenvalue weighted by Crippen LogP contribution is -2.01. The molecule has 1 N–H and O–H groups in total. The molecule has 0 aliphatic carbocycles. The molecule has 0 spiro atoms. The van der Waals surface area contributed by atoms with Gasteiger partial charge in [-0.15, -0.1) is 0 Å². The van der Waals surface area contributed by atoms with Crippen LogP contribution in [0.2, 0.25) is 0 Å². The van der Waals surface area contributed by atoms with Gasteiger partial charge in [0.25, 0.3) is 0 Å². The van der Waals surface area contributed by atoms with E-state index in [0.29, 0.717) is 16.9 Å². The van der Waals surface area contributed by atoms with E-state index in [-0.39, 0.29) is 17.3 Å². The molecule has 0 saturated carbocycles. The molecule has 0 amide bonds. The number of rotatable bonds is 4. The van der Waals surface area contributed by atoms with E-state index < -0.39 is 4.92 Å². The lowest BCUT2D eigenvalue weighted by molar-refractivity contribution is -0.386. The van der Waals surface area contributed by atoms with Gasteiger partial charge < -0.3 is 10.1 Å². The first-order valence-electron chi connectivity index (χ1n) is 5.95. The second-order valence-electron chi connectivity index (χ2n) is 4.18. The van der Waals surface area contributed by atoms with Crippen molar-refractivity contribution < 1.29 is 9.66 Å². The molecule has 0 saturated heterocycles. The minimum absolute atomic E-state index is 0.0588. The maximum absolute atomic E-state index is 11.1. The summed E-state index contributed by atoms with van der Waals surface area (Å²) in [5.41, 5.74) is 1.16. The molecule has 0 aliphatic rings. The Morgan fingerprint density at radius 2 is 2.05 bits per heavy atom. The van der Waals surface area contributed by atoms with Gasteiger partial charge in [0, 0.05) is 12.6 Å². The summed E-state index contributed by atoms with van der Waals surface area (Å²) in [6, 6.07) is 4.91. The number of benzene rings is 1. The monoisotopic (exact) mass is 274 g/mol. The number of nitro benzene ring substituents is 1. The van der Waals surface area contributed by atoms with Crippen LogP contribution in [0.15, 0.2) is 24.5 Å². The van der Waals surface area contributed by atoms with Crippen LogP contribution < -0.4 is 10.1 Å². The van der Waals surface area contributed by atoms with Crippen LogP contribution in [0, 0.1) is 24.0 Å². The van der Waals surface area contributed by atoms with Crippen LogP contribution >= 0.6 is 0 Å². The average molecular weight is 274 g/mol. The number of aromatic nitrogens is 2. The van der Waals surface area contributed by atoms with Crippen molar-refractivity contribution in [2.24, 2.45) is 0 Å². The Kier molecular flexibility index (Phi) is 3.79. The number of hydrogen-bond acceptors (Lipinski definition) is 6. The largest absolute Gasteiger partial charge is 0.431 e. The highest BCUT2D eigenvalue weighted by molar-refractivity contribution is 5.55. The minimum atomic E-state index is -0.458. The number of nitrogens with zero attached hydrogens (tertiary/aromatic N) is 3. The molecule has 7 heteroatoms. The van der Waals surface area contributed by atoms with Crippen LogP contribution in [0.25, 0.3) is 0 Å². The molecule has 0 aliphatic heterocycles. The molecular formula is C13H14N4O3. The zero-order valence-corrected chi connectivity index (χ0v) is 11.4. The van der Waals surface area contributed by atoms with Crippen molar-refractivity contribution in [3.8, 4) is 11.6 Å². The smallest absolute Gasteiger partial charge is 0.314 e. The summed E-state index contributed by atoms with van der Waals surface area (Å²) in [4.78, 5) is 18.7. The van der Waals surface area contributed by atoms with Crippen LogP contribution in [-0.2, 0) is 0 Å². The zero-order valence-electron chi connectivity index (χ0n) is 11.4. The van der Waals surface area contributed by atoms with Gasteiger partial charge in [-0.25, -0.2) is 9.97 Å². The highest BCUT2D eigenvalue weighted by Gasteiger charge is 2.20. The average Bonchev–Trinajstić information content (AvgIpc) is 2.41. The SMILES string of the molecule is CNc1ncnc(Oc2cccc(C)c2[N+](=O)[O-])c1C. The van der Waals surface area contributed by atoms with Crippen LogP contribution in [0.1, 0.15) is 11.1 Å². The molecule has 20 heavy (non-hydrogen) atoms. The lowest BCUT2D eigenvalue weighted by Gasteiger charge is -2.10. The Morgan fingerprint density at radius 1 is 1.30 bits per heavy atom. The molecule has 0 bridgehead atoms. The van der Waals surface area contributed by atoms with Gasteiger partial charge in [-0.2, -0.15) is 0 Å². The Morgan fingerprint density at radius 3 is 2.70 bits per heavy atom. The fraction of sp³-hybridized carbons (Fsp3) is 0.231. The van der Waals surface area contributed by atoms with Crippen molar-refractivity contribution in [1.29, 1.82) is 0 Å². The van der Waals surface area contributed by atoms with E-state index in [1.54, 1.807) is 39.1 Å². The van der Waals surface area contributed by atoms with Crippen molar-refractivity contribution in [2.45, 2.75) is 13.8 Å². The van der Waals surface area contributed by atoms with E-state index in [2.05, 4.69) is 15.3 Å². The first-order chi connectivity index (χ1) is 9.54. The number of nitrogens with one attached hydrogen (secondary N) is 1. The van der Waals surface area contributed by atoms with Crippen LogP contribution in [0.5, 0.6) is 11.6 Å². The van der Waals surface area contributed by atoms with Gasteiger partial charge in [-0.1, -0.05) is 12.1 Å². The van der Waals surface area contributed by atoms with Crippen LogP contribution in [0.3, 0.4) is 0 Å². The summed E-state index contributed by atoms with van der Waals surface area (Å²) in [6.45, 7) is 3.44. The van der Waals surface area contributed by atoms with Gasteiger partial charge in [-0.3, -0.25) is 10.1 Å². The summed E-state index contributed by atoms with van der Waals surface area (Å²) in [5, 5.41) is 14.0. The molecule has 2 aromatic rings. The number of nitro groups is 1. The van der Waals surface area contributed by atoms with Gasteiger partial charge >= 0.3 is 5.69 Å². The highest BCUT2D eigenvalue weighted by Crippen LogP contribution is 2.34. The zero-order chi connectivity index (χ0) is 14.7. The van der Waals surface area contributed by atoms with E-state index in [9.17, 15) is 10.1 Å². The predicted molar refractivity (Wildman–Crippen MR) is 74.2 cm³/mol. The summed E-state index contributed by atoms with van der Waals surface area (Å²) >= 11 is 0. The molecular weight excluding hydrogens is 260 g/mol. The summed E-state index contributed by atoms with van der Waals surface area (Å²) in [6.07, 6.45) is 1.34. The maximum atomic E-state index is 11.1. The molecule has 0 fully saturated rings. The Balaban J connectivity index is 2.46. The van der Waals surface area contributed by atoms with E-state index in [1.807, 2.05) is 0 Å². The van der Waals surface area contributed by atoms with Crippen molar-refractivity contribution >= 4 is 11.5 Å². The lowest BCUT2D eigenvalue weighted by atomic mass is 10.2. The highest BCUT2D eigenvalue weighted by atomic mass is 16.6. The number of para-hydroxylation sites is 1. The number of hydrogen-bond donors (Lipinski definition) is 1. The standard InChI is InChI=1S/C13H14N4O3/c1-8-5-4-6-10(11(8)17(18)19)20-13-9(2)12(14-3)15-7-16-13/h4-7H,1-3H3,(H,14,15,16). The molecule has 2 rings (SSSR count). The third kappa shape index (κ3) is 2.51. The quantitative estimate of drug-likeness (QED) is 0.681. The second-order valence-corrected chi connectivity index (χ2v) is 4.18. The molecule has 1 heterocycles. The Labute approximate surface area is 115 Å². The Hall–Kier alpha value is -2.70. The second kappa shape index (κ2) is 5.52. The molecule has 1 aromatic carbocycles. The number of aryl methyl sites for hydroxylation is 1. The van der Waals surface area contributed by atoms with Crippen molar-refractivity contribution in [3.63, 3.8) is 0 Å². The molecule has 104 valence electrons. The van der Waals surface area contributed by atoms with Crippen molar-refractivity contribution in [3.05, 3.63) is 45.8 Å². The van der Waals surface area contributed by atoms with Crippen LogP contribution in [-0.4, -0.2) is 21.9 Å². The molecule has 0 radical (unpaired) electrons. The molecule has 0 unspecified atom stereocenters. The number of anilines is 1. The van der Waals surface area contributed by atoms with Gasteiger partial charge in [0.05, 0.1) is 10.5 Å². The van der Waals surface area contributed by atoms with Crippen molar-refractivity contribution in [2.75, 3.05) is 12.4 Å². The van der Waals surface area contributed by atoms with Gasteiger partial charge in [-0.05, 0) is 19.9 Å². The maximum Gasteiger partial charge on any atom is 0.314 e. The number of ether oxygens (including phenoxy) is 1. The fourth-order valence-corrected chi connectivity index (χ4v) is 1.84. The van der Waals surface area contributed by atoms with Gasteiger partial charge in [0.1, 0.15) is 12.1 Å². The normalized spacial score (nSPS) is 10.2. The fourth-order valence-electron chi connectivity index (χ4n) is 1.84. The molecule has 7 nitrogen and oxygen atoms in total. The van der Waals surface area contributed by atoms with E-state index in [4.69, 9.17) is 4.74 Å². The first kappa shape index (κ1) is 13.7. The van der Waals surface area contributed by atoms with E-state index >= 15 is 0 Å². The van der Waals surface area contributed by atoms with Gasteiger partial charge in [0.2, 0.25) is 11.6 Å². The summed E-state index contributed by atoms with van der Waals surface area (Å²) in [7, 11) is 1.73. The van der Waals surface area contributed by atoms with Crippen molar-refractivity contribution in [1.82, 2.24) is 9.97 Å². The third-order valence-corrected chi connectivity index (χ3v) is 2.86. The topological polar surface area (TPSA) is 90.2 Å². The summed E-state index contributed by atoms with van der Waals surface area (Å²) < 4.78 is 5.59. The van der Waals surface area contributed by atoms with E-state index in [0.717, 1.165) is 0 Å². The summed E-state index contributed by atoms with van der Waals surface area (Å²) in [5.74, 6) is 1.07. The minimum Gasteiger partial charge on any atom is -0.431 e. The molecule has 1 aromatic heterocycles.